The van der Waals surface area contributed by atoms with Crippen LogP contribution < -0.4 is 10.6 Å². The van der Waals surface area contributed by atoms with Gasteiger partial charge in [0.2, 0.25) is 23.6 Å². The van der Waals surface area contributed by atoms with Crippen LogP contribution in [-0.4, -0.2) is 94.6 Å². The standard InChI is InChI=1S/C23H29N5O6/c1-13(29)26-7-4-14(5-8-26)22(32)27-9-6-16-19(27)23(33)28-12-15(11-17(28)20(30)25-16)24-21(31)18-3-2-10-34-18/h2-3,10,14-17,19H,4-9,11-12H2,1H3,(H,24,31)(H,25,30)/t15-,16-,17+,19-/m0/s1. The van der Waals surface area contributed by atoms with Gasteiger partial charge in [0.25, 0.3) is 5.91 Å². The third-order valence-corrected chi connectivity index (χ3v) is 7.52. The summed E-state index contributed by atoms with van der Waals surface area (Å²) in [5.41, 5.74) is 0. The first-order chi connectivity index (χ1) is 16.3. The Labute approximate surface area is 196 Å². The molecule has 4 saturated heterocycles. The van der Waals surface area contributed by atoms with Crippen molar-refractivity contribution in [2.24, 2.45) is 5.92 Å². The molecule has 11 nitrogen and oxygen atoms in total. The van der Waals surface area contributed by atoms with E-state index in [1.165, 1.54) is 18.1 Å². The molecule has 1 aromatic heterocycles. The van der Waals surface area contributed by atoms with Gasteiger partial charge in [-0.15, -0.1) is 0 Å². The molecule has 34 heavy (non-hydrogen) atoms. The van der Waals surface area contributed by atoms with Gasteiger partial charge >= 0.3 is 0 Å². The molecule has 0 radical (unpaired) electrons. The van der Waals surface area contributed by atoms with E-state index < -0.39 is 30.1 Å². The van der Waals surface area contributed by atoms with Crippen molar-refractivity contribution >= 4 is 29.5 Å². The SMILES string of the molecule is CC(=O)N1CCC(C(=O)N2CC[C@@H]3NC(=O)[C@H]4C[C@H](NC(=O)c5ccco5)CN4C(=O)[C@H]32)CC1. The molecule has 0 unspecified atom stereocenters. The van der Waals surface area contributed by atoms with Crippen LogP contribution in [0.2, 0.25) is 0 Å². The third-order valence-electron chi connectivity index (χ3n) is 7.52. The molecule has 5 amide bonds. The zero-order valence-electron chi connectivity index (χ0n) is 19.1. The number of hydrogen-bond acceptors (Lipinski definition) is 6. The van der Waals surface area contributed by atoms with Gasteiger partial charge in [-0.2, -0.15) is 0 Å². The van der Waals surface area contributed by atoms with Crippen molar-refractivity contribution in [2.75, 3.05) is 26.2 Å². The number of furan rings is 1. The van der Waals surface area contributed by atoms with Crippen LogP contribution in [0, 0.1) is 5.92 Å². The molecule has 182 valence electrons. The van der Waals surface area contributed by atoms with Gasteiger partial charge in [0, 0.05) is 45.1 Å². The summed E-state index contributed by atoms with van der Waals surface area (Å²) in [6, 6.07) is 0.929. The number of nitrogens with zero attached hydrogens (tertiary/aromatic N) is 3. The Morgan fingerprint density at radius 3 is 2.56 bits per heavy atom. The number of carbonyl (C=O) groups excluding carboxylic acids is 5. The summed E-state index contributed by atoms with van der Waals surface area (Å²) >= 11 is 0. The molecule has 4 atom stereocenters. The molecule has 4 aliphatic rings. The lowest BCUT2D eigenvalue weighted by Gasteiger charge is -2.35. The predicted molar refractivity (Wildman–Crippen MR) is 117 cm³/mol. The Morgan fingerprint density at radius 2 is 1.88 bits per heavy atom. The zero-order valence-corrected chi connectivity index (χ0v) is 19.1. The molecule has 0 bridgehead atoms. The minimum atomic E-state index is -0.744. The maximum absolute atomic E-state index is 13.6. The van der Waals surface area contributed by atoms with Gasteiger partial charge in [0.05, 0.1) is 12.3 Å². The minimum absolute atomic E-state index is 0.00237. The largest absolute Gasteiger partial charge is 0.459 e. The van der Waals surface area contributed by atoms with Gasteiger partial charge in [-0.05, 0) is 37.8 Å². The number of fused-ring (bicyclic) bond motifs is 2. The van der Waals surface area contributed by atoms with Crippen LogP contribution in [0.4, 0.5) is 0 Å². The van der Waals surface area contributed by atoms with Crippen molar-refractivity contribution < 1.29 is 28.4 Å². The fraction of sp³-hybridized carbons (Fsp3) is 0.609. The minimum Gasteiger partial charge on any atom is -0.459 e. The summed E-state index contributed by atoms with van der Waals surface area (Å²) in [6.45, 7) is 3.19. The first-order valence-electron chi connectivity index (χ1n) is 11.8. The maximum atomic E-state index is 13.6. The normalized spacial score (nSPS) is 29.4. The van der Waals surface area contributed by atoms with Crippen molar-refractivity contribution in [3.8, 4) is 0 Å². The van der Waals surface area contributed by atoms with E-state index in [1.54, 1.807) is 21.9 Å². The summed E-state index contributed by atoms with van der Waals surface area (Å²) in [4.78, 5) is 68.8. The Bertz CT molecular complexity index is 1000. The number of nitrogens with one attached hydrogen (secondary N) is 2. The smallest absolute Gasteiger partial charge is 0.287 e. The summed E-state index contributed by atoms with van der Waals surface area (Å²) in [5, 5.41) is 5.81. The molecule has 5 heterocycles. The van der Waals surface area contributed by atoms with E-state index in [0.29, 0.717) is 45.3 Å². The molecule has 4 aliphatic heterocycles. The van der Waals surface area contributed by atoms with Crippen molar-refractivity contribution in [2.45, 2.75) is 56.8 Å². The quantitative estimate of drug-likeness (QED) is 0.601. The lowest BCUT2D eigenvalue weighted by Crippen LogP contribution is -2.54. The summed E-state index contributed by atoms with van der Waals surface area (Å²) in [6.07, 6.45) is 3.38. The third kappa shape index (κ3) is 3.92. The Morgan fingerprint density at radius 1 is 1.12 bits per heavy atom. The lowest BCUT2D eigenvalue weighted by molar-refractivity contribution is -0.148. The molecule has 0 aliphatic carbocycles. The first-order valence-corrected chi connectivity index (χ1v) is 11.8. The van der Waals surface area contributed by atoms with Gasteiger partial charge in [0.1, 0.15) is 12.1 Å². The van der Waals surface area contributed by atoms with Crippen LogP contribution in [0.3, 0.4) is 0 Å². The Hall–Kier alpha value is -3.37. The molecular weight excluding hydrogens is 442 g/mol. The fourth-order valence-electron chi connectivity index (χ4n) is 5.72. The molecule has 0 saturated carbocycles. The van der Waals surface area contributed by atoms with E-state index in [9.17, 15) is 24.0 Å². The van der Waals surface area contributed by atoms with Crippen LogP contribution in [-0.2, 0) is 19.2 Å². The van der Waals surface area contributed by atoms with Gasteiger partial charge in [-0.3, -0.25) is 24.0 Å². The van der Waals surface area contributed by atoms with Gasteiger partial charge < -0.3 is 29.8 Å². The van der Waals surface area contributed by atoms with Crippen molar-refractivity contribution in [3.63, 3.8) is 0 Å². The highest BCUT2D eigenvalue weighted by atomic mass is 16.3. The van der Waals surface area contributed by atoms with Crippen molar-refractivity contribution in [1.29, 1.82) is 0 Å². The molecule has 2 N–H and O–H groups in total. The van der Waals surface area contributed by atoms with Crippen LogP contribution >= 0.6 is 0 Å². The maximum Gasteiger partial charge on any atom is 0.287 e. The number of rotatable bonds is 3. The molecule has 1 aromatic rings. The highest BCUT2D eigenvalue weighted by Gasteiger charge is 2.53. The number of piperidine rings is 1. The second-order valence-electron chi connectivity index (χ2n) is 9.55. The number of amides is 5. The topological polar surface area (TPSA) is 132 Å². The fourth-order valence-corrected chi connectivity index (χ4v) is 5.72. The number of hydrogen-bond donors (Lipinski definition) is 2. The van der Waals surface area contributed by atoms with Crippen LogP contribution in [0.1, 0.15) is 43.2 Å². The molecule has 4 fully saturated rings. The highest BCUT2D eigenvalue weighted by molar-refractivity contribution is 5.97. The first kappa shape index (κ1) is 22.4. The van der Waals surface area contributed by atoms with E-state index in [-0.39, 0.29) is 41.9 Å². The van der Waals surface area contributed by atoms with Crippen molar-refractivity contribution in [3.05, 3.63) is 24.2 Å². The summed E-state index contributed by atoms with van der Waals surface area (Å²) < 4.78 is 5.12. The van der Waals surface area contributed by atoms with Crippen LogP contribution in [0.25, 0.3) is 0 Å². The lowest BCUT2D eigenvalue weighted by atomic mass is 9.94. The average molecular weight is 472 g/mol. The van der Waals surface area contributed by atoms with E-state index in [2.05, 4.69) is 10.6 Å². The monoisotopic (exact) mass is 471 g/mol. The second-order valence-corrected chi connectivity index (χ2v) is 9.55. The van der Waals surface area contributed by atoms with Gasteiger partial charge in [-0.25, -0.2) is 0 Å². The predicted octanol–water partition coefficient (Wildman–Crippen LogP) is -0.663. The molecular formula is C23H29N5O6. The molecule has 0 spiro atoms. The summed E-state index contributed by atoms with van der Waals surface area (Å²) in [7, 11) is 0. The van der Waals surface area contributed by atoms with Gasteiger partial charge in [-0.1, -0.05) is 0 Å². The van der Waals surface area contributed by atoms with E-state index in [1.807, 2.05) is 0 Å². The molecule has 11 heteroatoms. The molecule has 5 rings (SSSR count). The second kappa shape index (κ2) is 8.77. The Kier molecular flexibility index (Phi) is 5.78. The van der Waals surface area contributed by atoms with Crippen molar-refractivity contribution in [1.82, 2.24) is 25.3 Å². The van der Waals surface area contributed by atoms with Crippen LogP contribution in [0.5, 0.6) is 0 Å². The highest BCUT2D eigenvalue weighted by Crippen LogP contribution is 2.31. The van der Waals surface area contributed by atoms with Gasteiger partial charge in [0.15, 0.2) is 5.76 Å². The van der Waals surface area contributed by atoms with E-state index in [4.69, 9.17) is 4.42 Å². The van der Waals surface area contributed by atoms with E-state index in [0.717, 1.165) is 0 Å². The number of carbonyl (C=O) groups is 5. The zero-order chi connectivity index (χ0) is 24.0. The summed E-state index contributed by atoms with van der Waals surface area (Å²) in [5.74, 6) is -1.05. The molecule has 0 aromatic carbocycles. The van der Waals surface area contributed by atoms with Crippen LogP contribution in [0.15, 0.2) is 22.8 Å². The average Bonchev–Trinajstić information content (AvgIpc) is 3.57. The number of likely N-dealkylation sites (tertiary alicyclic amines) is 2. The Balaban J connectivity index is 1.28. The van der Waals surface area contributed by atoms with E-state index >= 15 is 0 Å².